The third kappa shape index (κ3) is 4.75. The Labute approximate surface area is 227 Å². The summed E-state index contributed by atoms with van der Waals surface area (Å²) in [4.78, 5) is 9.75. The molecule has 192 valence electrons. The maximum Gasteiger partial charge on any atom is 0.205 e. The van der Waals surface area contributed by atoms with Crippen molar-refractivity contribution in [1.82, 2.24) is 35.2 Å². The first kappa shape index (κ1) is 24.4. The molecule has 0 spiro atoms. The molecule has 3 aromatic carbocycles. The summed E-state index contributed by atoms with van der Waals surface area (Å²) >= 11 is 0. The van der Waals surface area contributed by atoms with Crippen molar-refractivity contribution >= 4 is 22.3 Å². The molecule has 0 aliphatic heterocycles. The Bertz CT molecular complexity index is 1750. The van der Waals surface area contributed by atoms with E-state index in [1.54, 1.807) is 0 Å². The number of fused-ring (bicyclic) bond motifs is 1. The van der Waals surface area contributed by atoms with Gasteiger partial charge in [0.05, 0.1) is 6.54 Å². The summed E-state index contributed by atoms with van der Waals surface area (Å²) in [6.45, 7) is 6.99. The molecule has 1 N–H and O–H groups in total. The van der Waals surface area contributed by atoms with Gasteiger partial charge >= 0.3 is 0 Å². The number of aromatic nitrogens is 7. The minimum absolute atomic E-state index is 0.554. The van der Waals surface area contributed by atoms with E-state index in [0.29, 0.717) is 12.4 Å². The fourth-order valence-corrected chi connectivity index (χ4v) is 5.16. The minimum atomic E-state index is 0.554. The molecule has 6 aromatic rings. The largest absolute Gasteiger partial charge is 0.308 e. The molecule has 39 heavy (non-hydrogen) atoms. The van der Waals surface area contributed by atoms with Gasteiger partial charge in [0.2, 0.25) is 5.82 Å². The lowest BCUT2D eigenvalue weighted by Gasteiger charge is -2.16. The summed E-state index contributed by atoms with van der Waals surface area (Å²) in [5, 5.41) is 15.2. The second-order valence-corrected chi connectivity index (χ2v) is 9.63. The van der Waals surface area contributed by atoms with Gasteiger partial charge in [-0.05, 0) is 52.9 Å². The summed E-state index contributed by atoms with van der Waals surface area (Å²) in [6, 6.07) is 31.4. The highest BCUT2D eigenvalue weighted by molar-refractivity contribution is 6.03. The van der Waals surface area contributed by atoms with Crippen LogP contribution in [-0.2, 0) is 13.0 Å². The van der Waals surface area contributed by atoms with Crippen molar-refractivity contribution in [3.8, 4) is 0 Å². The van der Waals surface area contributed by atoms with Crippen molar-refractivity contribution < 1.29 is 0 Å². The molecule has 0 radical (unpaired) electrons. The first-order chi connectivity index (χ1) is 19.1. The lowest BCUT2D eigenvalue weighted by Crippen LogP contribution is -2.06. The summed E-state index contributed by atoms with van der Waals surface area (Å²) in [5.74, 6) is 1.60. The molecule has 0 fully saturated rings. The van der Waals surface area contributed by atoms with Gasteiger partial charge in [-0.15, -0.1) is 10.2 Å². The van der Waals surface area contributed by atoms with Crippen LogP contribution in [0.25, 0.3) is 22.3 Å². The predicted octanol–water partition coefficient (Wildman–Crippen LogP) is 6.18. The Kier molecular flexibility index (Phi) is 6.55. The number of imidazole rings is 1. The first-order valence-electron chi connectivity index (χ1n) is 13.1. The van der Waals surface area contributed by atoms with Gasteiger partial charge < -0.3 is 4.57 Å². The van der Waals surface area contributed by atoms with E-state index in [1.807, 2.05) is 31.2 Å². The Morgan fingerprint density at radius 3 is 2.03 bits per heavy atom. The number of rotatable bonds is 7. The van der Waals surface area contributed by atoms with Crippen LogP contribution in [0.15, 0.2) is 91.0 Å². The lowest BCUT2D eigenvalue weighted by atomic mass is 9.88. The molecule has 0 bridgehead atoms. The average Bonchev–Trinajstić information content (AvgIpc) is 3.62. The molecule has 6 rings (SSSR count). The van der Waals surface area contributed by atoms with E-state index in [0.717, 1.165) is 62.5 Å². The third-order valence-corrected chi connectivity index (χ3v) is 6.94. The van der Waals surface area contributed by atoms with Gasteiger partial charge in [-0.1, -0.05) is 91.9 Å². The molecule has 3 heterocycles. The normalized spacial score (nSPS) is 12.1. The Morgan fingerprint density at radius 1 is 0.769 bits per heavy atom. The second kappa shape index (κ2) is 10.5. The van der Waals surface area contributed by atoms with Crippen LogP contribution in [0.4, 0.5) is 0 Å². The zero-order valence-electron chi connectivity index (χ0n) is 22.3. The minimum Gasteiger partial charge on any atom is -0.308 e. The maximum atomic E-state index is 4.91. The number of benzene rings is 3. The SMILES string of the molecule is CCc1nc2c(C)cc(C)nc2n1Cc1ccc(/C(=C(\c2ccccc2)c2nn[nH]n2)c2ccccc2)cc1. The highest BCUT2D eigenvalue weighted by Crippen LogP contribution is 2.35. The molecule has 0 saturated carbocycles. The number of hydrogen-bond donors (Lipinski definition) is 1. The van der Waals surface area contributed by atoms with Crippen molar-refractivity contribution in [2.24, 2.45) is 0 Å². The summed E-state index contributed by atoms with van der Waals surface area (Å²) in [6.07, 6.45) is 0.846. The average molecular weight is 512 g/mol. The number of nitrogens with zero attached hydrogens (tertiary/aromatic N) is 6. The lowest BCUT2D eigenvalue weighted by molar-refractivity contribution is 0.745. The van der Waals surface area contributed by atoms with Gasteiger partial charge in [-0.25, -0.2) is 9.97 Å². The summed E-state index contributed by atoms with van der Waals surface area (Å²) < 4.78 is 2.24. The molecular formula is C32H29N7. The summed E-state index contributed by atoms with van der Waals surface area (Å²) in [5.41, 5.74) is 10.4. The molecule has 0 amide bonds. The van der Waals surface area contributed by atoms with E-state index < -0.39 is 0 Å². The number of aromatic amines is 1. The molecular weight excluding hydrogens is 482 g/mol. The van der Waals surface area contributed by atoms with Crippen molar-refractivity contribution in [1.29, 1.82) is 0 Å². The van der Waals surface area contributed by atoms with Crippen molar-refractivity contribution in [2.75, 3.05) is 0 Å². The van der Waals surface area contributed by atoms with Crippen LogP contribution in [0.1, 0.15) is 52.1 Å². The highest BCUT2D eigenvalue weighted by Gasteiger charge is 2.20. The number of pyridine rings is 1. The van der Waals surface area contributed by atoms with E-state index >= 15 is 0 Å². The smallest absolute Gasteiger partial charge is 0.205 e. The van der Waals surface area contributed by atoms with Gasteiger partial charge in [0.1, 0.15) is 11.3 Å². The van der Waals surface area contributed by atoms with Gasteiger partial charge in [-0.3, -0.25) is 0 Å². The standard InChI is InChI=1S/C32H29N7/c1-4-27-34-30-21(2)19-22(3)33-32(30)39(27)20-23-15-17-26(18-16-23)28(24-11-7-5-8-12-24)29(31-35-37-38-36-31)25-13-9-6-10-14-25/h5-19H,4,20H2,1-3H3,(H,35,36,37,38)/b29-28+. The number of nitrogens with one attached hydrogen (secondary N) is 1. The monoisotopic (exact) mass is 511 g/mol. The molecule has 7 heteroatoms. The van der Waals surface area contributed by atoms with Crippen molar-refractivity contribution in [3.63, 3.8) is 0 Å². The third-order valence-electron chi connectivity index (χ3n) is 6.94. The fourth-order valence-electron chi connectivity index (χ4n) is 5.16. The molecule has 0 unspecified atom stereocenters. The zero-order chi connectivity index (χ0) is 26.8. The van der Waals surface area contributed by atoms with Crippen LogP contribution in [0.2, 0.25) is 0 Å². The number of hydrogen-bond acceptors (Lipinski definition) is 5. The molecule has 0 atom stereocenters. The van der Waals surface area contributed by atoms with E-state index in [1.165, 1.54) is 5.56 Å². The van der Waals surface area contributed by atoms with Crippen molar-refractivity contribution in [3.05, 3.63) is 136 Å². The van der Waals surface area contributed by atoms with Crippen LogP contribution in [0.3, 0.4) is 0 Å². The van der Waals surface area contributed by atoms with E-state index in [4.69, 9.17) is 9.97 Å². The molecule has 0 aliphatic rings. The molecule has 7 nitrogen and oxygen atoms in total. The number of tetrazole rings is 1. The highest BCUT2D eigenvalue weighted by atomic mass is 15.5. The van der Waals surface area contributed by atoms with Crippen LogP contribution in [0, 0.1) is 13.8 Å². The van der Waals surface area contributed by atoms with Crippen LogP contribution in [-0.4, -0.2) is 35.2 Å². The second-order valence-electron chi connectivity index (χ2n) is 9.63. The predicted molar refractivity (Wildman–Crippen MR) is 154 cm³/mol. The van der Waals surface area contributed by atoms with Crippen molar-refractivity contribution in [2.45, 2.75) is 33.7 Å². The fraction of sp³-hybridized carbons (Fsp3) is 0.156. The van der Waals surface area contributed by atoms with E-state index in [-0.39, 0.29) is 0 Å². The van der Waals surface area contributed by atoms with Gasteiger partial charge in [0.15, 0.2) is 5.65 Å². The van der Waals surface area contributed by atoms with E-state index in [2.05, 4.69) is 106 Å². The Morgan fingerprint density at radius 2 is 1.41 bits per heavy atom. The van der Waals surface area contributed by atoms with Gasteiger partial charge in [0.25, 0.3) is 0 Å². The van der Waals surface area contributed by atoms with Gasteiger partial charge in [-0.2, -0.15) is 5.21 Å². The van der Waals surface area contributed by atoms with Crippen LogP contribution < -0.4 is 0 Å². The van der Waals surface area contributed by atoms with E-state index in [9.17, 15) is 0 Å². The Hall–Kier alpha value is -4.91. The van der Waals surface area contributed by atoms with Crippen LogP contribution >= 0.6 is 0 Å². The molecule has 3 aromatic heterocycles. The summed E-state index contributed by atoms with van der Waals surface area (Å²) in [7, 11) is 0. The first-order valence-corrected chi connectivity index (χ1v) is 13.1. The van der Waals surface area contributed by atoms with Gasteiger partial charge in [0, 0.05) is 23.3 Å². The maximum absolute atomic E-state index is 4.91. The quantitative estimate of drug-likeness (QED) is 0.259. The number of aryl methyl sites for hydroxylation is 3. The Balaban J connectivity index is 1.47. The topological polar surface area (TPSA) is 85.2 Å². The molecule has 0 aliphatic carbocycles. The zero-order valence-corrected chi connectivity index (χ0v) is 22.3. The molecule has 0 saturated heterocycles. The number of H-pyrrole nitrogens is 1. The van der Waals surface area contributed by atoms with Crippen LogP contribution in [0.5, 0.6) is 0 Å².